The van der Waals surface area contributed by atoms with Gasteiger partial charge >= 0.3 is 0 Å². The van der Waals surface area contributed by atoms with Crippen LogP contribution >= 0.6 is 0 Å². The topological polar surface area (TPSA) is 40.5 Å². The van der Waals surface area contributed by atoms with Crippen molar-refractivity contribution < 1.29 is 0 Å². The molecule has 0 saturated carbocycles. The Morgan fingerprint density at radius 2 is 2.10 bits per heavy atom. The van der Waals surface area contributed by atoms with E-state index in [0.717, 1.165) is 18.0 Å². The van der Waals surface area contributed by atoms with E-state index in [1.807, 2.05) is 24.4 Å². The summed E-state index contributed by atoms with van der Waals surface area (Å²) in [7, 11) is 0. The van der Waals surface area contributed by atoms with E-state index in [1.54, 1.807) is 0 Å². The summed E-state index contributed by atoms with van der Waals surface area (Å²) in [6.45, 7) is 2.38. The van der Waals surface area contributed by atoms with Gasteiger partial charge in [-0.25, -0.2) is 0 Å². The largest absolute Gasteiger partial charge is 0.372 e. The summed E-state index contributed by atoms with van der Waals surface area (Å²) in [6.07, 6.45) is 10.0. The third-order valence-electron chi connectivity index (χ3n) is 4.14. The first kappa shape index (κ1) is 11.7. The van der Waals surface area contributed by atoms with E-state index in [2.05, 4.69) is 27.4 Å². The average Bonchev–Trinajstić information content (AvgIpc) is 3.16. The van der Waals surface area contributed by atoms with Gasteiger partial charge in [-0.05, 0) is 37.5 Å². The molecule has 0 spiro atoms. The minimum Gasteiger partial charge on any atom is -0.372 e. The van der Waals surface area contributed by atoms with Crippen molar-refractivity contribution in [3.8, 4) is 0 Å². The molecule has 1 aromatic heterocycles. The molecule has 1 atom stereocenters. The molecule has 1 N–H and O–H groups in total. The quantitative estimate of drug-likeness (QED) is 0.891. The zero-order chi connectivity index (χ0) is 13.4. The number of rotatable bonds is 2. The normalized spacial score (nSPS) is 24.7. The fraction of sp³-hybridized carbons (Fsp3) is 0.375. The smallest absolute Gasteiger partial charge is 0.152 e. The second kappa shape index (κ2) is 4.78. The fourth-order valence-corrected chi connectivity index (χ4v) is 3.07. The molecule has 2 aliphatic heterocycles. The number of pyridine rings is 1. The van der Waals surface area contributed by atoms with Gasteiger partial charge in [-0.1, -0.05) is 12.1 Å². The van der Waals surface area contributed by atoms with Gasteiger partial charge in [-0.15, -0.1) is 0 Å². The lowest BCUT2D eigenvalue weighted by molar-refractivity contribution is 0.433. The number of fused-ring (bicyclic) bond motifs is 1. The number of nitrogens with one attached hydrogen (secondary N) is 1. The Hall–Kier alpha value is -2.10. The Morgan fingerprint density at radius 3 is 2.90 bits per heavy atom. The molecule has 3 heterocycles. The summed E-state index contributed by atoms with van der Waals surface area (Å²) in [5.74, 6) is 0.901. The fourth-order valence-electron chi connectivity index (χ4n) is 3.07. The van der Waals surface area contributed by atoms with E-state index in [1.165, 1.54) is 37.3 Å². The van der Waals surface area contributed by atoms with Crippen LogP contribution in [0, 0.1) is 0 Å². The van der Waals surface area contributed by atoms with Crippen LogP contribution in [-0.4, -0.2) is 34.9 Å². The molecule has 4 rings (SSSR count). The Morgan fingerprint density at radius 1 is 1.20 bits per heavy atom. The molecule has 1 unspecified atom stereocenters. The van der Waals surface area contributed by atoms with Gasteiger partial charge in [-0.3, -0.25) is 9.98 Å². The van der Waals surface area contributed by atoms with Crippen LogP contribution in [0.15, 0.2) is 52.9 Å². The van der Waals surface area contributed by atoms with Crippen molar-refractivity contribution in [2.45, 2.75) is 25.3 Å². The number of aliphatic imine (C=N–C) groups is 1. The van der Waals surface area contributed by atoms with Crippen molar-refractivity contribution in [1.82, 2.24) is 15.2 Å². The molecule has 0 amide bonds. The second-order valence-electron chi connectivity index (χ2n) is 5.49. The summed E-state index contributed by atoms with van der Waals surface area (Å²) in [5, 5.41) is 3.44. The molecular formula is C16H18N4. The maximum absolute atomic E-state index is 4.75. The number of hydrogen-bond acceptors (Lipinski definition) is 4. The monoisotopic (exact) mass is 266 g/mol. The third-order valence-corrected chi connectivity index (χ3v) is 4.14. The second-order valence-corrected chi connectivity index (χ2v) is 5.49. The van der Waals surface area contributed by atoms with Crippen LogP contribution in [0.4, 0.5) is 0 Å². The molecule has 1 aliphatic carbocycles. The number of amidine groups is 1. The molecule has 102 valence electrons. The van der Waals surface area contributed by atoms with Crippen molar-refractivity contribution in [2.75, 3.05) is 13.1 Å². The van der Waals surface area contributed by atoms with Gasteiger partial charge in [0.2, 0.25) is 0 Å². The highest BCUT2D eigenvalue weighted by molar-refractivity contribution is 6.00. The van der Waals surface area contributed by atoms with E-state index in [0.29, 0.717) is 0 Å². The number of hydrogen-bond donors (Lipinski definition) is 1. The van der Waals surface area contributed by atoms with Crippen LogP contribution in [0.25, 0.3) is 0 Å². The summed E-state index contributed by atoms with van der Waals surface area (Å²) < 4.78 is 0. The van der Waals surface area contributed by atoms with Gasteiger partial charge in [-0.2, -0.15) is 0 Å². The van der Waals surface area contributed by atoms with Crippen LogP contribution in [0.3, 0.4) is 0 Å². The van der Waals surface area contributed by atoms with Crippen molar-refractivity contribution >= 4 is 5.84 Å². The molecule has 1 saturated heterocycles. The average molecular weight is 266 g/mol. The lowest BCUT2D eigenvalue weighted by Crippen LogP contribution is -2.25. The minimum atomic E-state index is 0.248. The highest BCUT2D eigenvalue weighted by atomic mass is 15.2. The molecule has 0 aromatic carbocycles. The highest BCUT2D eigenvalue weighted by Crippen LogP contribution is 2.27. The number of aromatic nitrogens is 1. The van der Waals surface area contributed by atoms with Crippen LogP contribution in [0.2, 0.25) is 0 Å². The van der Waals surface area contributed by atoms with Crippen molar-refractivity contribution in [2.24, 2.45) is 4.99 Å². The summed E-state index contributed by atoms with van der Waals surface area (Å²) in [6, 6.07) is 6.17. The van der Waals surface area contributed by atoms with Gasteiger partial charge in [0.25, 0.3) is 0 Å². The summed E-state index contributed by atoms with van der Waals surface area (Å²) in [4.78, 5) is 11.6. The van der Waals surface area contributed by atoms with Crippen LogP contribution in [0.1, 0.15) is 25.0 Å². The summed E-state index contributed by atoms with van der Waals surface area (Å²) in [5.41, 5.74) is 3.50. The van der Waals surface area contributed by atoms with Gasteiger partial charge in [0.15, 0.2) is 5.84 Å². The van der Waals surface area contributed by atoms with Gasteiger partial charge in [0.05, 0.1) is 6.04 Å². The first-order valence-electron chi connectivity index (χ1n) is 7.33. The van der Waals surface area contributed by atoms with Crippen LogP contribution < -0.4 is 5.32 Å². The molecule has 3 aliphatic rings. The zero-order valence-electron chi connectivity index (χ0n) is 11.4. The van der Waals surface area contributed by atoms with Gasteiger partial charge in [0.1, 0.15) is 5.69 Å². The lowest BCUT2D eigenvalue weighted by atomic mass is 10.0. The zero-order valence-corrected chi connectivity index (χ0v) is 11.4. The maximum atomic E-state index is 4.75. The molecule has 1 aromatic rings. The molecule has 1 fully saturated rings. The Labute approximate surface area is 118 Å². The molecule has 0 bridgehead atoms. The SMILES string of the molecule is C1=C2NC(c3ccccn3)=NC2CC=C1N1CCCC1. The van der Waals surface area contributed by atoms with Gasteiger partial charge < -0.3 is 10.2 Å². The molecular weight excluding hydrogens is 248 g/mol. The van der Waals surface area contributed by atoms with E-state index in [-0.39, 0.29) is 6.04 Å². The Balaban J connectivity index is 1.55. The predicted molar refractivity (Wildman–Crippen MR) is 79.3 cm³/mol. The number of nitrogens with zero attached hydrogens (tertiary/aromatic N) is 3. The summed E-state index contributed by atoms with van der Waals surface area (Å²) >= 11 is 0. The first-order valence-corrected chi connectivity index (χ1v) is 7.33. The van der Waals surface area contributed by atoms with Crippen molar-refractivity contribution in [3.05, 3.63) is 53.6 Å². The van der Waals surface area contributed by atoms with E-state index in [9.17, 15) is 0 Å². The predicted octanol–water partition coefficient (Wildman–Crippen LogP) is 2.07. The van der Waals surface area contributed by atoms with Crippen molar-refractivity contribution in [1.29, 1.82) is 0 Å². The number of likely N-dealkylation sites (tertiary alicyclic amines) is 1. The third kappa shape index (κ3) is 2.01. The van der Waals surface area contributed by atoms with E-state index in [4.69, 9.17) is 4.99 Å². The standard InChI is InChI=1S/C16H18N4/c1-2-8-17-14(5-1)16-18-13-7-6-12(11-15(13)19-16)20-9-3-4-10-20/h1-2,5-6,8,11,13H,3-4,7,9-10H2,(H,18,19). The van der Waals surface area contributed by atoms with Crippen LogP contribution in [-0.2, 0) is 0 Å². The maximum Gasteiger partial charge on any atom is 0.152 e. The lowest BCUT2D eigenvalue weighted by Gasteiger charge is -2.23. The first-order chi connectivity index (χ1) is 9.90. The van der Waals surface area contributed by atoms with Crippen LogP contribution in [0.5, 0.6) is 0 Å². The highest BCUT2D eigenvalue weighted by Gasteiger charge is 2.27. The molecule has 4 heteroatoms. The van der Waals surface area contributed by atoms with E-state index < -0.39 is 0 Å². The van der Waals surface area contributed by atoms with Gasteiger partial charge in [0, 0.05) is 30.7 Å². The Bertz CT molecular complexity index is 594. The van der Waals surface area contributed by atoms with E-state index >= 15 is 0 Å². The minimum absolute atomic E-state index is 0.248. The number of allylic oxidation sites excluding steroid dienone is 1. The van der Waals surface area contributed by atoms with Crippen molar-refractivity contribution in [3.63, 3.8) is 0 Å². The molecule has 4 nitrogen and oxygen atoms in total. The Kier molecular flexibility index (Phi) is 2.80. The molecule has 0 radical (unpaired) electrons. The molecule has 20 heavy (non-hydrogen) atoms.